The summed E-state index contributed by atoms with van der Waals surface area (Å²) in [5, 5.41) is 0. The summed E-state index contributed by atoms with van der Waals surface area (Å²) >= 11 is 0. The molecule has 5 heteroatoms. The lowest BCUT2D eigenvalue weighted by atomic mass is 10.0. The molecule has 0 heterocycles. The quantitative estimate of drug-likeness (QED) is 0.393. The van der Waals surface area contributed by atoms with Gasteiger partial charge in [-0.05, 0) is 55.2 Å². The zero-order valence-electron chi connectivity index (χ0n) is 16.8. The number of rotatable bonds is 8. The van der Waals surface area contributed by atoms with Crippen LogP contribution in [0.15, 0.2) is 41.4 Å². The Morgan fingerprint density at radius 3 is 2.30 bits per heavy atom. The van der Waals surface area contributed by atoms with E-state index in [0.29, 0.717) is 12.2 Å². The zero-order valence-corrected chi connectivity index (χ0v) is 16.8. The third-order valence-corrected chi connectivity index (χ3v) is 4.36. The fourth-order valence-electron chi connectivity index (χ4n) is 2.53. The van der Waals surface area contributed by atoms with E-state index >= 15 is 0 Å². The van der Waals surface area contributed by atoms with Gasteiger partial charge in [-0.3, -0.25) is 0 Å². The van der Waals surface area contributed by atoms with Crippen molar-refractivity contribution in [1.82, 2.24) is 4.90 Å². The van der Waals surface area contributed by atoms with Crippen LogP contribution < -0.4 is 0 Å². The molecule has 0 saturated carbocycles. The molecule has 2 rings (SSSR count). The van der Waals surface area contributed by atoms with Crippen molar-refractivity contribution in [3.63, 3.8) is 0 Å². The Balaban J connectivity index is 2.05. The van der Waals surface area contributed by atoms with Crippen molar-refractivity contribution in [3.8, 4) is 0 Å². The number of aryl methyl sites for hydroxylation is 2. The van der Waals surface area contributed by atoms with Gasteiger partial charge >= 0.3 is 5.97 Å². The van der Waals surface area contributed by atoms with Gasteiger partial charge in [0.15, 0.2) is 0 Å². The number of esters is 1. The van der Waals surface area contributed by atoms with Gasteiger partial charge in [-0.1, -0.05) is 24.3 Å². The van der Waals surface area contributed by atoms with Crippen LogP contribution in [0.2, 0.25) is 0 Å². The first-order valence-electron chi connectivity index (χ1n) is 9.04. The third kappa shape index (κ3) is 5.93. The SMILES string of the molecule is CCN(C)/C=N/c1cc(C)c(C(=O)OCc2ccc(COC)cc2)cc1C. The number of carbonyl (C=O) groups is 1. The van der Waals surface area contributed by atoms with Crippen LogP contribution in [0.3, 0.4) is 0 Å². The van der Waals surface area contributed by atoms with Crippen LogP contribution in [0.4, 0.5) is 5.69 Å². The maximum atomic E-state index is 12.5. The molecule has 0 saturated heterocycles. The van der Waals surface area contributed by atoms with E-state index in [-0.39, 0.29) is 12.6 Å². The molecule has 27 heavy (non-hydrogen) atoms. The number of nitrogens with zero attached hydrogens (tertiary/aromatic N) is 2. The predicted molar refractivity (Wildman–Crippen MR) is 109 cm³/mol. The molecule has 0 aromatic heterocycles. The highest BCUT2D eigenvalue weighted by Crippen LogP contribution is 2.24. The lowest BCUT2D eigenvalue weighted by Crippen LogP contribution is -2.14. The van der Waals surface area contributed by atoms with Crippen LogP contribution in [0.5, 0.6) is 0 Å². The summed E-state index contributed by atoms with van der Waals surface area (Å²) in [4.78, 5) is 19.0. The molecule has 5 nitrogen and oxygen atoms in total. The van der Waals surface area contributed by atoms with E-state index in [0.717, 1.165) is 34.5 Å². The van der Waals surface area contributed by atoms with Crippen LogP contribution >= 0.6 is 0 Å². The smallest absolute Gasteiger partial charge is 0.338 e. The zero-order chi connectivity index (χ0) is 19.8. The van der Waals surface area contributed by atoms with Crippen molar-refractivity contribution in [3.05, 3.63) is 64.2 Å². The molecule has 0 amide bonds. The Hall–Kier alpha value is -2.66. The molecule has 2 aromatic carbocycles. The first-order valence-corrected chi connectivity index (χ1v) is 9.04. The normalized spacial score (nSPS) is 11.0. The highest BCUT2D eigenvalue weighted by molar-refractivity contribution is 5.92. The first-order chi connectivity index (χ1) is 12.9. The summed E-state index contributed by atoms with van der Waals surface area (Å²) in [5.74, 6) is -0.322. The molecular formula is C22H28N2O3. The van der Waals surface area contributed by atoms with E-state index in [1.807, 2.05) is 62.2 Å². The molecule has 144 valence electrons. The van der Waals surface area contributed by atoms with Crippen LogP contribution in [0.1, 0.15) is 39.5 Å². The molecule has 0 N–H and O–H groups in total. The Kier molecular flexibility index (Phi) is 7.55. The average molecular weight is 368 g/mol. The Morgan fingerprint density at radius 2 is 1.70 bits per heavy atom. The summed E-state index contributed by atoms with van der Waals surface area (Å²) in [7, 11) is 3.64. The maximum absolute atomic E-state index is 12.5. The first kappa shape index (κ1) is 20.6. The van der Waals surface area contributed by atoms with Gasteiger partial charge in [0.25, 0.3) is 0 Å². The second-order valence-corrected chi connectivity index (χ2v) is 6.60. The molecule has 0 spiro atoms. The fraction of sp³-hybridized carbons (Fsp3) is 0.364. The molecule has 0 radical (unpaired) electrons. The van der Waals surface area contributed by atoms with E-state index in [1.165, 1.54) is 0 Å². The minimum atomic E-state index is -0.322. The molecule has 0 unspecified atom stereocenters. The Labute approximate surface area is 161 Å². The van der Waals surface area contributed by atoms with Gasteiger partial charge in [-0.25, -0.2) is 9.79 Å². The number of hydrogen-bond donors (Lipinski definition) is 0. The van der Waals surface area contributed by atoms with Gasteiger partial charge in [-0.15, -0.1) is 0 Å². The summed E-state index contributed by atoms with van der Waals surface area (Å²) in [6, 6.07) is 11.6. The van der Waals surface area contributed by atoms with Crippen molar-refractivity contribution in [2.45, 2.75) is 34.0 Å². The van der Waals surface area contributed by atoms with Crippen molar-refractivity contribution in [1.29, 1.82) is 0 Å². The molecule has 0 aliphatic heterocycles. The number of aliphatic imine (C=N–C) groups is 1. The van der Waals surface area contributed by atoms with Crippen LogP contribution in [-0.2, 0) is 22.7 Å². The molecule has 0 atom stereocenters. The van der Waals surface area contributed by atoms with Crippen molar-refractivity contribution in [2.24, 2.45) is 4.99 Å². The van der Waals surface area contributed by atoms with Crippen LogP contribution in [0.25, 0.3) is 0 Å². The standard InChI is InChI=1S/C22H28N2O3/c1-6-24(4)15-23-21-12-16(2)20(11-17(21)3)22(25)27-14-19-9-7-18(8-10-19)13-26-5/h7-12,15H,6,13-14H2,1-5H3/b23-15+. The van der Waals surface area contributed by atoms with Gasteiger partial charge in [0.05, 0.1) is 24.2 Å². The summed E-state index contributed by atoms with van der Waals surface area (Å²) in [6.45, 7) is 7.61. The van der Waals surface area contributed by atoms with Gasteiger partial charge in [0.1, 0.15) is 6.61 Å². The molecule has 0 bridgehead atoms. The Morgan fingerprint density at radius 1 is 1.07 bits per heavy atom. The van der Waals surface area contributed by atoms with Gasteiger partial charge in [0, 0.05) is 20.7 Å². The van der Waals surface area contributed by atoms with Crippen LogP contribution in [-0.4, -0.2) is 37.9 Å². The summed E-state index contributed by atoms with van der Waals surface area (Å²) < 4.78 is 10.6. The number of carbonyl (C=O) groups excluding carboxylic acids is 1. The number of methoxy groups -OCH3 is 1. The minimum Gasteiger partial charge on any atom is -0.457 e. The highest BCUT2D eigenvalue weighted by atomic mass is 16.5. The largest absolute Gasteiger partial charge is 0.457 e. The lowest BCUT2D eigenvalue weighted by molar-refractivity contribution is 0.0471. The summed E-state index contributed by atoms with van der Waals surface area (Å²) in [5.41, 5.74) is 5.26. The number of benzene rings is 2. The van der Waals surface area contributed by atoms with E-state index in [1.54, 1.807) is 13.4 Å². The molecular weight excluding hydrogens is 340 g/mol. The summed E-state index contributed by atoms with van der Waals surface area (Å²) in [6.07, 6.45) is 1.80. The second-order valence-electron chi connectivity index (χ2n) is 6.60. The minimum absolute atomic E-state index is 0.242. The number of hydrogen-bond acceptors (Lipinski definition) is 4. The Bertz CT molecular complexity index is 798. The van der Waals surface area contributed by atoms with Gasteiger partial charge < -0.3 is 14.4 Å². The van der Waals surface area contributed by atoms with E-state index in [2.05, 4.69) is 11.9 Å². The average Bonchev–Trinajstić information content (AvgIpc) is 2.67. The van der Waals surface area contributed by atoms with E-state index in [4.69, 9.17) is 9.47 Å². The van der Waals surface area contributed by atoms with Crippen molar-refractivity contribution < 1.29 is 14.3 Å². The van der Waals surface area contributed by atoms with Crippen molar-refractivity contribution >= 4 is 18.0 Å². The van der Waals surface area contributed by atoms with Gasteiger partial charge in [0.2, 0.25) is 0 Å². The highest BCUT2D eigenvalue weighted by Gasteiger charge is 2.13. The molecule has 0 aliphatic rings. The second kappa shape index (κ2) is 9.88. The maximum Gasteiger partial charge on any atom is 0.338 e. The molecule has 0 aliphatic carbocycles. The van der Waals surface area contributed by atoms with E-state index in [9.17, 15) is 4.79 Å². The molecule has 0 fully saturated rings. The van der Waals surface area contributed by atoms with E-state index < -0.39 is 0 Å². The fourth-order valence-corrected chi connectivity index (χ4v) is 2.53. The number of ether oxygens (including phenoxy) is 2. The lowest BCUT2D eigenvalue weighted by Gasteiger charge is -2.12. The van der Waals surface area contributed by atoms with Crippen LogP contribution in [0, 0.1) is 13.8 Å². The predicted octanol–water partition coefficient (Wildman–Crippen LogP) is 4.42. The van der Waals surface area contributed by atoms with Crippen molar-refractivity contribution in [2.75, 3.05) is 20.7 Å². The van der Waals surface area contributed by atoms with Gasteiger partial charge in [-0.2, -0.15) is 0 Å². The topological polar surface area (TPSA) is 51.1 Å². The third-order valence-electron chi connectivity index (χ3n) is 4.36. The molecule has 2 aromatic rings. The monoisotopic (exact) mass is 368 g/mol.